The highest BCUT2D eigenvalue weighted by atomic mass is 31.2. The van der Waals surface area contributed by atoms with Crippen LogP contribution < -0.4 is 0 Å². The second-order valence-corrected chi connectivity index (χ2v) is 4.07. The molecule has 0 N–H and O–H groups in total. The summed E-state index contributed by atoms with van der Waals surface area (Å²) in [5.41, 5.74) is 0. The lowest BCUT2D eigenvalue weighted by Crippen LogP contribution is -2.32. The molecular formula is C6H14NO2P. The molecule has 1 rings (SSSR count). The van der Waals surface area contributed by atoms with E-state index in [4.69, 9.17) is 9.26 Å². The number of nitrogens with zero attached hydrogens (tertiary/aromatic N) is 1. The third-order valence-corrected chi connectivity index (χ3v) is 3.38. The van der Waals surface area contributed by atoms with Crippen LogP contribution >= 0.6 is 8.30 Å². The van der Waals surface area contributed by atoms with E-state index in [1.165, 1.54) is 0 Å². The zero-order valence-electron chi connectivity index (χ0n) is 6.54. The molecule has 60 valence electrons. The van der Waals surface area contributed by atoms with Crippen LogP contribution in [0.1, 0.15) is 0 Å². The van der Waals surface area contributed by atoms with Gasteiger partial charge in [-0.2, -0.15) is 0 Å². The minimum atomic E-state index is -0.343. The molecule has 1 atom stereocenters. The van der Waals surface area contributed by atoms with Gasteiger partial charge in [-0.3, -0.25) is 4.67 Å². The second kappa shape index (κ2) is 4.24. The summed E-state index contributed by atoms with van der Waals surface area (Å²) in [6, 6.07) is 0. The standard InChI is InChI=1S/C6H14NO2P/c1-8-10(2)7-3-5-9-6-4-7/h3-6H2,1-2H3. The van der Waals surface area contributed by atoms with Gasteiger partial charge in [0.05, 0.1) is 13.2 Å². The van der Waals surface area contributed by atoms with Crippen LogP contribution in [-0.4, -0.2) is 44.7 Å². The third kappa shape index (κ3) is 2.17. The van der Waals surface area contributed by atoms with Gasteiger partial charge in [0.2, 0.25) is 0 Å². The lowest BCUT2D eigenvalue weighted by Gasteiger charge is -2.30. The summed E-state index contributed by atoms with van der Waals surface area (Å²) in [6.07, 6.45) is 0. The maximum atomic E-state index is 5.22. The molecule has 0 aromatic carbocycles. The largest absolute Gasteiger partial charge is 0.379 e. The van der Waals surface area contributed by atoms with E-state index in [9.17, 15) is 0 Å². The first-order valence-electron chi connectivity index (χ1n) is 3.45. The highest BCUT2D eigenvalue weighted by Gasteiger charge is 2.15. The average molecular weight is 163 g/mol. The Kier molecular flexibility index (Phi) is 3.57. The first kappa shape index (κ1) is 8.41. The van der Waals surface area contributed by atoms with Gasteiger partial charge in [0.15, 0.2) is 0 Å². The monoisotopic (exact) mass is 163 g/mol. The van der Waals surface area contributed by atoms with Crippen molar-refractivity contribution >= 4 is 8.30 Å². The molecule has 0 aromatic heterocycles. The summed E-state index contributed by atoms with van der Waals surface area (Å²) in [4.78, 5) is 0. The molecule has 3 nitrogen and oxygen atoms in total. The van der Waals surface area contributed by atoms with Crippen molar-refractivity contribution < 1.29 is 9.26 Å². The molecule has 0 amide bonds. The fourth-order valence-corrected chi connectivity index (χ4v) is 1.91. The van der Waals surface area contributed by atoms with Crippen LogP contribution in [0.15, 0.2) is 0 Å². The van der Waals surface area contributed by atoms with E-state index in [1.54, 1.807) is 7.11 Å². The maximum Gasteiger partial charge on any atom is 0.100 e. The Morgan fingerprint density at radius 2 is 2.00 bits per heavy atom. The van der Waals surface area contributed by atoms with Crippen LogP contribution in [0.2, 0.25) is 0 Å². The quantitative estimate of drug-likeness (QED) is 0.565. The van der Waals surface area contributed by atoms with Crippen LogP contribution in [0.25, 0.3) is 0 Å². The van der Waals surface area contributed by atoms with E-state index >= 15 is 0 Å². The normalized spacial score (nSPS) is 24.6. The van der Waals surface area contributed by atoms with Crippen molar-refractivity contribution in [3.8, 4) is 0 Å². The molecule has 0 saturated carbocycles. The summed E-state index contributed by atoms with van der Waals surface area (Å²) < 4.78 is 12.8. The van der Waals surface area contributed by atoms with Crippen molar-refractivity contribution in [1.82, 2.24) is 4.67 Å². The lowest BCUT2D eigenvalue weighted by molar-refractivity contribution is 0.0711. The lowest BCUT2D eigenvalue weighted by atomic mass is 10.5. The number of hydrogen-bond donors (Lipinski definition) is 0. The van der Waals surface area contributed by atoms with Crippen LogP contribution in [0, 0.1) is 0 Å². The Labute approximate surface area is 63.2 Å². The Balaban J connectivity index is 2.24. The SMILES string of the molecule is COP(C)N1CCOCC1. The Hall–Kier alpha value is 0.310. The maximum absolute atomic E-state index is 5.22. The zero-order valence-corrected chi connectivity index (χ0v) is 7.43. The molecular weight excluding hydrogens is 149 g/mol. The molecule has 1 aliphatic heterocycles. The molecule has 0 aliphatic carbocycles. The molecule has 1 fully saturated rings. The van der Waals surface area contributed by atoms with Gasteiger partial charge in [-0.05, 0) is 6.66 Å². The van der Waals surface area contributed by atoms with Gasteiger partial charge < -0.3 is 9.26 Å². The van der Waals surface area contributed by atoms with Gasteiger partial charge in [-0.1, -0.05) is 0 Å². The van der Waals surface area contributed by atoms with E-state index in [-0.39, 0.29) is 8.30 Å². The number of hydrogen-bond acceptors (Lipinski definition) is 3. The molecule has 0 aromatic rings. The van der Waals surface area contributed by atoms with Crippen LogP contribution in [0.5, 0.6) is 0 Å². The van der Waals surface area contributed by atoms with Crippen molar-refractivity contribution in [3.63, 3.8) is 0 Å². The molecule has 0 radical (unpaired) electrons. The zero-order chi connectivity index (χ0) is 7.40. The molecule has 1 saturated heterocycles. The minimum Gasteiger partial charge on any atom is -0.379 e. The van der Waals surface area contributed by atoms with E-state index in [0.717, 1.165) is 26.3 Å². The van der Waals surface area contributed by atoms with Crippen LogP contribution in [0.4, 0.5) is 0 Å². The molecule has 0 spiro atoms. The average Bonchev–Trinajstić information content (AvgIpc) is 2.05. The predicted octanol–water partition coefficient (Wildman–Crippen LogP) is 0.907. The van der Waals surface area contributed by atoms with Gasteiger partial charge >= 0.3 is 0 Å². The Bertz CT molecular complexity index is 95.7. The molecule has 1 unspecified atom stereocenters. The Morgan fingerprint density at radius 1 is 1.40 bits per heavy atom. The van der Waals surface area contributed by atoms with Crippen molar-refractivity contribution in [2.45, 2.75) is 0 Å². The van der Waals surface area contributed by atoms with Crippen molar-refractivity contribution in [2.24, 2.45) is 0 Å². The third-order valence-electron chi connectivity index (χ3n) is 1.65. The highest BCUT2D eigenvalue weighted by molar-refractivity contribution is 7.49. The Morgan fingerprint density at radius 3 is 2.50 bits per heavy atom. The summed E-state index contributed by atoms with van der Waals surface area (Å²) in [7, 11) is 1.42. The number of ether oxygens (including phenoxy) is 1. The fourth-order valence-electron chi connectivity index (χ4n) is 0.951. The number of morpholine rings is 1. The molecule has 10 heavy (non-hydrogen) atoms. The molecule has 0 bridgehead atoms. The molecule has 1 aliphatic rings. The van der Waals surface area contributed by atoms with Gasteiger partial charge in [-0.25, -0.2) is 0 Å². The van der Waals surface area contributed by atoms with E-state index in [2.05, 4.69) is 11.3 Å². The molecule has 4 heteroatoms. The van der Waals surface area contributed by atoms with Crippen molar-refractivity contribution in [1.29, 1.82) is 0 Å². The summed E-state index contributed by atoms with van der Waals surface area (Å²) in [5.74, 6) is 0. The molecule has 1 heterocycles. The van der Waals surface area contributed by atoms with Gasteiger partial charge in [-0.15, -0.1) is 0 Å². The van der Waals surface area contributed by atoms with Crippen molar-refractivity contribution in [3.05, 3.63) is 0 Å². The van der Waals surface area contributed by atoms with E-state index in [0.29, 0.717) is 0 Å². The van der Waals surface area contributed by atoms with Gasteiger partial charge in [0.1, 0.15) is 8.30 Å². The van der Waals surface area contributed by atoms with Crippen molar-refractivity contribution in [2.75, 3.05) is 40.1 Å². The summed E-state index contributed by atoms with van der Waals surface area (Å²) in [5, 5.41) is 0. The fraction of sp³-hybridized carbons (Fsp3) is 1.00. The smallest absolute Gasteiger partial charge is 0.100 e. The van der Waals surface area contributed by atoms with Gasteiger partial charge in [0.25, 0.3) is 0 Å². The van der Waals surface area contributed by atoms with Crippen LogP contribution in [-0.2, 0) is 9.26 Å². The number of rotatable bonds is 2. The van der Waals surface area contributed by atoms with E-state index in [1.807, 2.05) is 0 Å². The minimum absolute atomic E-state index is 0.343. The first-order valence-corrected chi connectivity index (χ1v) is 5.11. The topological polar surface area (TPSA) is 21.7 Å². The highest BCUT2D eigenvalue weighted by Crippen LogP contribution is 2.35. The van der Waals surface area contributed by atoms with Gasteiger partial charge in [0, 0.05) is 20.2 Å². The van der Waals surface area contributed by atoms with E-state index < -0.39 is 0 Å². The van der Waals surface area contributed by atoms with Crippen LogP contribution in [0.3, 0.4) is 0 Å². The summed E-state index contributed by atoms with van der Waals surface area (Å²) in [6.45, 7) is 5.89. The predicted molar refractivity (Wildman–Crippen MR) is 42.2 cm³/mol. The first-order chi connectivity index (χ1) is 4.84. The second-order valence-electron chi connectivity index (χ2n) is 2.21. The summed E-state index contributed by atoms with van der Waals surface area (Å²) >= 11 is 0.